The molecule has 0 fully saturated rings. The molecule has 2 aromatic heterocycles. The van der Waals surface area contributed by atoms with Crippen LogP contribution >= 0.6 is 0 Å². The summed E-state index contributed by atoms with van der Waals surface area (Å²) in [5, 5.41) is 4.25. The van der Waals surface area contributed by atoms with Gasteiger partial charge in [0.25, 0.3) is 5.91 Å². The van der Waals surface area contributed by atoms with Crippen LogP contribution in [0.4, 0.5) is 0 Å². The van der Waals surface area contributed by atoms with Gasteiger partial charge in [0.05, 0.1) is 11.3 Å². The van der Waals surface area contributed by atoms with Crippen LogP contribution in [0.3, 0.4) is 0 Å². The van der Waals surface area contributed by atoms with E-state index in [1.54, 1.807) is 6.07 Å². The summed E-state index contributed by atoms with van der Waals surface area (Å²) < 4.78 is 7.63. The van der Waals surface area contributed by atoms with E-state index >= 15 is 0 Å². The normalized spacial score (nSPS) is 10.9. The molecule has 5 nitrogen and oxygen atoms in total. The predicted octanol–water partition coefficient (Wildman–Crippen LogP) is 4.57. The van der Waals surface area contributed by atoms with E-state index in [9.17, 15) is 4.79 Å². The largest absolute Gasteiger partial charge is 0.366 e. The highest BCUT2D eigenvalue weighted by Gasteiger charge is 2.20. The average molecular weight is 371 g/mol. The predicted molar refractivity (Wildman–Crippen MR) is 109 cm³/mol. The lowest BCUT2D eigenvalue weighted by molar-refractivity contribution is 0.0999. The molecule has 0 unspecified atom stereocenters. The van der Waals surface area contributed by atoms with Gasteiger partial charge in [-0.2, -0.15) is 0 Å². The molecule has 2 N–H and O–H groups in total. The highest BCUT2D eigenvalue weighted by Crippen LogP contribution is 2.30. The molecule has 140 valence electrons. The van der Waals surface area contributed by atoms with Crippen molar-refractivity contribution in [3.63, 3.8) is 0 Å². The quantitative estimate of drug-likeness (QED) is 0.558. The van der Waals surface area contributed by atoms with E-state index in [0.29, 0.717) is 23.6 Å². The number of rotatable bonds is 5. The van der Waals surface area contributed by atoms with E-state index in [4.69, 9.17) is 10.3 Å². The summed E-state index contributed by atoms with van der Waals surface area (Å²) in [6.45, 7) is 4.60. The maximum atomic E-state index is 11.9. The second kappa shape index (κ2) is 7.19. The van der Waals surface area contributed by atoms with Crippen molar-refractivity contribution in [3.8, 4) is 22.7 Å². The Morgan fingerprint density at radius 2 is 1.75 bits per heavy atom. The number of nitrogens with zero attached hydrogens (tertiary/aromatic N) is 2. The number of nitrogens with two attached hydrogens (primary N) is 1. The summed E-state index contributed by atoms with van der Waals surface area (Å²) in [6.07, 6.45) is 0. The summed E-state index contributed by atoms with van der Waals surface area (Å²) in [5.74, 6) is 0.228. The molecule has 0 aliphatic heterocycles. The number of aromatic nitrogens is 2. The van der Waals surface area contributed by atoms with Gasteiger partial charge in [-0.25, -0.2) is 0 Å². The smallest absolute Gasteiger partial charge is 0.250 e. The zero-order valence-corrected chi connectivity index (χ0v) is 15.8. The summed E-state index contributed by atoms with van der Waals surface area (Å²) >= 11 is 0. The summed E-state index contributed by atoms with van der Waals surface area (Å²) in [4.78, 5) is 11.9. The van der Waals surface area contributed by atoms with E-state index < -0.39 is 5.91 Å². The molecule has 0 bridgehead atoms. The van der Waals surface area contributed by atoms with Gasteiger partial charge in [-0.1, -0.05) is 59.8 Å². The van der Waals surface area contributed by atoms with Crippen LogP contribution in [0.1, 0.15) is 27.2 Å². The zero-order valence-electron chi connectivity index (χ0n) is 15.8. The Morgan fingerprint density at radius 3 is 2.46 bits per heavy atom. The van der Waals surface area contributed by atoms with Crippen molar-refractivity contribution in [2.75, 3.05) is 0 Å². The number of hydrogen-bond acceptors (Lipinski definition) is 3. The molecule has 0 radical (unpaired) electrons. The fourth-order valence-corrected chi connectivity index (χ4v) is 3.40. The molecule has 2 heterocycles. The number of hydrogen-bond donors (Lipinski definition) is 1. The number of carbonyl (C=O) groups is 1. The second-order valence-electron chi connectivity index (χ2n) is 6.85. The molecule has 0 saturated heterocycles. The highest BCUT2D eigenvalue weighted by molar-refractivity contribution is 5.95. The lowest BCUT2D eigenvalue weighted by Gasteiger charge is -2.12. The average Bonchev–Trinajstić information content (AvgIpc) is 3.30. The second-order valence-corrected chi connectivity index (χ2v) is 6.85. The third-order valence-electron chi connectivity index (χ3n) is 5.05. The van der Waals surface area contributed by atoms with E-state index in [2.05, 4.69) is 28.8 Å². The van der Waals surface area contributed by atoms with Crippen molar-refractivity contribution in [1.29, 1.82) is 0 Å². The van der Waals surface area contributed by atoms with Gasteiger partial charge in [0.2, 0.25) is 0 Å². The first-order chi connectivity index (χ1) is 13.5. The summed E-state index contributed by atoms with van der Waals surface area (Å²) in [7, 11) is 0. The molecule has 0 saturated carbocycles. The van der Waals surface area contributed by atoms with Crippen LogP contribution in [0.5, 0.6) is 0 Å². The van der Waals surface area contributed by atoms with Crippen molar-refractivity contribution >= 4 is 5.91 Å². The monoisotopic (exact) mass is 371 g/mol. The van der Waals surface area contributed by atoms with Crippen molar-refractivity contribution in [2.24, 2.45) is 5.73 Å². The van der Waals surface area contributed by atoms with E-state index in [1.807, 2.05) is 55.5 Å². The lowest BCUT2D eigenvalue weighted by atomic mass is 10.1. The van der Waals surface area contributed by atoms with Gasteiger partial charge >= 0.3 is 0 Å². The van der Waals surface area contributed by atoms with E-state index in [0.717, 1.165) is 17.0 Å². The molecule has 5 heteroatoms. The zero-order chi connectivity index (χ0) is 19.7. The SMILES string of the molecule is Cc1ccccc1Cn1c(-c2cc(-c3ccccc3)on2)cc(C(N)=O)c1C. The Bertz CT molecular complexity index is 1140. The molecule has 4 rings (SSSR count). The van der Waals surface area contributed by atoms with Gasteiger partial charge in [-0.3, -0.25) is 4.79 Å². The van der Waals surface area contributed by atoms with Crippen LogP contribution in [-0.4, -0.2) is 15.6 Å². The van der Waals surface area contributed by atoms with Gasteiger partial charge in [0, 0.05) is 23.9 Å². The molecule has 0 aliphatic carbocycles. The fraction of sp³-hybridized carbons (Fsp3) is 0.130. The lowest BCUT2D eigenvalue weighted by Crippen LogP contribution is -2.13. The Kier molecular flexibility index (Phi) is 4.57. The van der Waals surface area contributed by atoms with Crippen LogP contribution < -0.4 is 5.73 Å². The van der Waals surface area contributed by atoms with Crippen LogP contribution in [0, 0.1) is 13.8 Å². The molecule has 2 aromatic carbocycles. The standard InChI is InChI=1S/C23H21N3O2/c1-15-8-6-7-11-18(15)14-26-16(2)19(23(24)27)12-21(26)20-13-22(28-25-20)17-9-4-3-5-10-17/h3-13H,14H2,1-2H3,(H2,24,27). The van der Waals surface area contributed by atoms with Crippen LogP contribution in [0.15, 0.2) is 71.3 Å². The van der Waals surface area contributed by atoms with Crippen LogP contribution in [-0.2, 0) is 6.54 Å². The molecule has 0 spiro atoms. The molecule has 0 atom stereocenters. The minimum Gasteiger partial charge on any atom is -0.366 e. The van der Waals surface area contributed by atoms with Gasteiger partial charge in [-0.05, 0) is 31.0 Å². The Labute approximate surface area is 163 Å². The number of aryl methyl sites for hydroxylation is 1. The maximum absolute atomic E-state index is 11.9. The van der Waals surface area contributed by atoms with Crippen molar-refractivity contribution < 1.29 is 9.32 Å². The Morgan fingerprint density at radius 1 is 1.04 bits per heavy atom. The topological polar surface area (TPSA) is 74.1 Å². The Balaban J connectivity index is 1.81. The molecular formula is C23H21N3O2. The maximum Gasteiger partial charge on any atom is 0.250 e. The van der Waals surface area contributed by atoms with Crippen molar-refractivity contribution in [3.05, 3.63) is 89.1 Å². The molecular weight excluding hydrogens is 350 g/mol. The van der Waals surface area contributed by atoms with Crippen molar-refractivity contribution in [2.45, 2.75) is 20.4 Å². The molecule has 4 aromatic rings. The first-order valence-corrected chi connectivity index (χ1v) is 9.11. The van der Waals surface area contributed by atoms with Gasteiger partial charge in [0.1, 0.15) is 5.69 Å². The fourth-order valence-electron chi connectivity index (χ4n) is 3.40. The molecule has 28 heavy (non-hydrogen) atoms. The van der Waals surface area contributed by atoms with E-state index in [-0.39, 0.29) is 0 Å². The minimum atomic E-state index is -0.450. The summed E-state index contributed by atoms with van der Waals surface area (Å²) in [6, 6.07) is 21.7. The van der Waals surface area contributed by atoms with Gasteiger partial charge in [-0.15, -0.1) is 0 Å². The third kappa shape index (κ3) is 3.22. The summed E-state index contributed by atoms with van der Waals surface area (Å²) in [5.41, 5.74) is 11.7. The van der Waals surface area contributed by atoms with Gasteiger partial charge in [0.15, 0.2) is 5.76 Å². The molecule has 1 amide bonds. The van der Waals surface area contributed by atoms with Crippen LogP contribution in [0.2, 0.25) is 0 Å². The number of carbonyl (C=O) groups excluding carboxylic acids is 1. The number of benzene rings is 2. The van der Waals surface area contributed by atoms with E-state index in [1.165, 1.54) is 11.1 Å². The van der Waals surface area contributed by atoms with Gasteiger partial charge < -0.3 is 14.8 Å². The Hall–Kier alpha value is -3.60. The highest BCUT2D eigenvalue weighted by atomic mass is 16.5. The minimum absolute atomic E-state index is 0.450. The third-order valence-corrected chi connectivity index (χ3v) is 5.05. The molecule has 0 aliphatic rings. The first kappa shape index (κ1) is 17.8. The first-order valence-electron chi connectivity index (χ1n) is 9.11. The van der Waals surface area contributed by atoms with Crippen LogP contribution in [0.25, 0.3) is 22.7 Å². The number of amides is 1. The number of primary amides is 1. The van der Waals surface area contributed by atoms with Crippen molar-refractivity contribution in [1.82, 2.24) is 9.72 Å².